The van der Waals surface area contributed by atoms with Crippen LogP contribution in [0, 0.1) is 0 Å². The topological polar surface area (TPSA) is 0 Å². The largest absolute Gasteiger partial charge is 4.00 e. The van der Waals surface area contributed by atoms with Crippen molar-refractivity contribution in [2.24, 2.45) is 0 Å². The molecule has 0 spiro atoms. The predicted molar refractivity (Wildman–Crippen MR) is 226 cm³/mol. The minimum absolute atomic E-state index is 0. The van der Waals surface area contributed by atoms with Crippen molar-refractivity contribution in [1.29, 1.82) is 0 Å². The second-order valence-corrected chi connectivity index (χ2v) is 0. The molecule has 0 aliphatic carbocycles. The zero-order valence-corrected chi connectivity index (χ0v) is 59.2. The zero-order valence-electron chi connectivity index (χ0n) is 12.7. The fraction of sp³-hybridized carbons (Fsp3) is 0. The Bertz CT molecular complexity index is 74.2. The Hall–Kier alpha value is 15.3. The zero-order chi connectivity index (χ0) is 0. The van der Waals surface area contributed by atoms with Crippen molar-refractivity contribution in [1.82, 2.24) is 0 Å². The summed E-state index contributed by atoms with van der Waals surface area (Å²) in [6.07, 6.45) is 0. The fourth-order valence-corrected chi connectivity index (χ4v) is 0. The molecule has 0 aliphatic rings. The van der Waals surface area contributed by atoms with Gasteiger partial charge in [0.2, 0.25) is 0 Å². The van der Waals surface area contributed by atoms with Crippen LogP contribution in [0.5, 0.6) is 0 Å². The van der Waals surface area contributed by atoms with Gasteiger partial charge in [-0.25, -0.2) is 0 Å². The summed E-state index contributed by atoms with van der Waals surface area (Å²) in [5, 5.41) is 0. The molecule has 0 bridgehead atoms. The van der Waals surface area contributed by atoms with Gasteiger partial charge >= 0.3 is 224 Å². The maximum Gasteiger partial charge on any atom is 4.00 e. The van der Waals surface area contributed by atoms with Gasteiger partial charge in [-0.15, -0.1) is 0 Å². The van der Waals surface area contributed by atoms with E-state index in [9.17, 15) is 0 Å². The third-order valence-electron chi connectivity index (χ3n) is 0. The fourth-order valence-electron chi connectivity index (χ4n) is 0. The van der Waals surface area contributed by atoms with Gasteiger partial charge in [0, 0.05) is 0 Å². The van der Waals surface area contributed by atoms with Gasteiger partial charge in [-0.2, -0.15) is 0 Å². The third-order valence-corrected chi connectivity index (χ3v) is 0. The molecule has 32 heavy (non-hydrogen) atoms. The molecular weight excluding hydrogens is 1760 g/mol. The summed E-state index contributed by atoms with van der Waals surface area (Å²) in [7, 11) is 0. The molecule has 0 rings (SSSR count). The van der Waals surface area contributed by atoms with E-state index in [2.05, 4.69) is 0 Å². The number of hydrogen-bond acceptors (Lipinski definition) is 0. The summed E-state index contributed by atoms with van der Waals surface area (Å²) in [6, 6.07) is 0. The molecule has 0 saturated heterocycles. The summed E-state index contributed by atoms with van der Waals surface area (Å²) >= 11 is 0. The number of hydrogen-bond donors (Lipinski definition) is 0. The minimum atomic E-state index is 0. The normalized spacial score (nSPS) is 0. The van der Waals surface area contributed by atoms with E-state index in [4.69, 9.17) is 0 Å². The first-order chi connectivity index (χ1) is 0. The van der Waals surface area contributed by atoms with Gasteiger partial charge in [0.05, 0.1) is 0 Å². The second-order valence-electron chi connectivity index (χ2n) is 0. The van der Waals surface area contributed by atoms with E-state index in [0.29, 0.717) is 0 Å². The van der Waals surface area contributed by atoms with Gasteiger partial charge in [-0.3, -0.25) is 0 Å². The Morgan fingerprint density at radius 3 is 0.156 bits per heavy atom. The summed E-state index contributed by atoms with van der Waals surface area (Å²) in [6.45, 7) is 0. The van der Waals surface area contributed by atoms with Crippen molar-refractivity contribution in [2.75, 3.05) is 0 Å². The van der Waals surface area contributed by atoms with E-state index in [-0.39, 0.29) is 485 Å². The van der Waals surface area contributed by atoms with Gasteiger partial charge in [0.25, 0.3) is 0 Å². The smallest absolute Gasteiger partial charge is 3.00 e. The van der Waals surface area contributed by atoms with E-state index in [1.54, 1.807) is 0 Å². The molecule has 0 amide bonds. The van der Waals surface area contributed by atoms with Gasteiger partial charge in [0.1, 0.15) is 0 Å². The van der Waals surface area contributed by atoms with Crippen LogP contribution >= 0.6 is 69.3 Å². The SMILES string of the molecule is [As-3].[As-3].[As-3].[As-3].[As-3].[As-3].[As-3].[Ga+3].[Ga+3].[Ga+3].[Ga+3].[Ga+3].[Ga+3].[Ge+4].[Ge+4].[Ge+4].[Ge+4].[Ge+4].[Ge+4].[P-3].[P-3].[P-3].[P-3].[P-3].[P-3].[P-3].[SiH4].[SiH4].[SiH4].[SiH4].[SiH4].[SiH4]. The van der Waals surface area contributed by atoms with Crippen LogP contribution in [0.3, 0.4) is 0 Å². The van der Waals surface area contributed by atoms with Crippen molar-refractivity contribution in [3.05, 3.63) is 0 Å². The van der Waals surface area contributed by atoms with Crippen LogP contribution in [0.2, 0.25) is 0 Å². The van der Waals surface area contributed by atoms with E-state index in [1.165, 1.54) is 0 Å². The quantitative estimate of drug-likeness (QED) is 0.168. The Morgan fingerprint density at radius 2 is 0.156 bits per heavy atom. The Kier molecular flexibility index (Phi) is 5500. The van der Waals surface area contributed by atoms with Crippen molar-refractivity contribution in [3.63, 3.8) is 0 Å². The summed E-state index contributed by atoms with van der Waals surface area (Å²) < 4.78 is 0. The average Bonchev–Trinajstić information content (AvgIpc) is 0. The maximum atomic E-state index is 0. The molecule has 0 aromatic rings. The molecule has 0 radical (unpaired) electrons. The van der Waals surface area contributed by atoms with E-state index >= 15 is 0 Å². The Balaban J connectivity index is 0. The molecule has 0 nitrogen and oxygen atoms in total. The monoisotopic (exact) mass is 1790 g/mol. The first-order valence-electron chi connectivity index (χ1n) is 0. The van der Waals surface area contributed by atoms with Gasteiger partial charge in [-0.05, 0) is 65.8 Å². The molecule has 0 N–H and O–H groups in total. The molecule has 0 atom stereocenters. The second kappa shape index (κ2) is 406. The van der Waals surface area contributed by atoms with Gasteiger partial charge in [-0.1, -0.05) is 0 Å². The summed E-state index contributed by atoms with van der Waals surface area (Å²) in [5.74, 6) is 0. The Labute approximate surface area is 474 Å². The van der Waals surface area contributed by atoms with Crippen molar-refractivity contribution >= 4 is 485 Å². The summed E-state index contributed by atoms with van der Waals surface area (Å²) in [4.78, 5) is 0. The molecule has 0 aliphatic heterocycles. The number of rotatable bonds is 0. The summed E-state index contributed by atoms with van der Waals surface area (Å²) in [5.41, 5.74) is 0. The van der Waals surface area contributed by atoms with Crippen molar-refractivity contribution in [2.45, 2.75) is 0 Å². The van der Waals surface area contributed by atoms with Crippen LogP contribution in [0.1, 0.15) is 0 Å². The molecule has 0 heterocycles. The van der Waals surface area contributed by atoms with Crippen molar-refractivity contribution in [3.8, 4) is 0 Å². The maximum absolute atomic E-state index is 0. The molecule has 0 fully saturated rings. The first-order valence-corrected chi connectivity index (χ1v) is 0. The Morgan fingerprint density at radius 1 is 0.156 bits per heavy atom. The molecular formula is H24As7Ga6Ge6P7Si6. The third kappa shape index (κ3) is 380. The average molecular weight is 1790 g/mol. The van der Waals surface area contributed by atoms with Crippen LogP contribution in [0.4, 0.5) is 0 Å². The van der Waals surface area contributed by atoms with Crippen LogP contribution in [-0.2, 0) is 0 Å². The molecule has 160 valence electrons. The molecule has 32 heteroatoms. The minimum Gasteiger partial charge on any atom is -3.00 e. The van der Waals surface area contributed by atoms with E-state index in [0.717, 1.165) is 0 Å². The first kappa shape index (κ1) is 433. The standard InChI is InChI=1S/7As.6Ga.6Ge.7P.6H4Si/h;;;;;;;;;;;;;;;;;;;;;;;;;;6*1H4/q7*-3;6*+3;6*+4;7*-3;;;;;;. The van der Waals surface area contributed by atoms with Crippen molar-refractivity contribution < 1.29 is 0 Å². The van der Waals surface area contributed by atoms with E-state index in [1.807, 2.05) is 0 Å². The van der Waals surface area contributed by atoms with Crippen LogP contribution in [0.25, 0.3) is 0 Å². The van der Waals surface area contributed by atoms with Gasteiger partial charge < -0.3 is 195 Å². The molecule has 0 saturated carbocycles. The van der Waals surface area contributed by atoms with Gasteiger partial charge in [0.15, 0.2) is 0 Å². The van der Waals surface area contributed by atoms with Crippen LogP contribution in [0.15, 0.2) is 0 Å². The van der Waals surface area contributed by atoms with Crippen LogP contribution in [-0.4, -0.2) is 416 Å². The molecule has 0 aromatic carbocycles. The molecule has 0 unspecified atom stereocenters. The predicted octanol–water partition coefficient (Wildman–Crippen LogP) is -9.92. The van der Waals surface area contributed by atoms with Crippen LogP contribution < -0.4 is 0 Å². The molecule has 0 aromatic heterocycles. The van der Waals surface area contributed by atoms with E-state index < -0.39 is 0 Å².